The summed E-state index contributed by atoms with van der Waals surface area (Å²) in [7, 11) is 0. The van der Waals surface area contributed by atoms with Crippen LogP contribution in [-0.4, -0.2) is 41.4 Å². The molecule has 0 unspecified atom stereocenters. The predicted molar refractivity (Wildman–Crippen MR) is 132 cm³/mol. The van der Waals surface area contributed by atoms with Crippen molar-refractivity contribution in [2.45, 2.75) is 26.3 Å². The van der Waals surface area contributed by atoms with Crippen LogP contribution >= 0.6 is 0 Å². The van der Waals surface area contributed by atoms with Crippen LogP contribution in [0.25, 0.3) is 11.1 Å². The number of carbonyl (C=O) groups is 1. The van der Waals surface area contributed by atoms with E-state index in [1.807, 2.05) is 6.07 Å². The first kappa shape index (κ1) is 21.9. The Bertz CT molecular complexity index is 1130. The third kappa shape index (κ3) is 4.62. The molecule has 1 aliphatic heterocycles. The van der Waals surface area contributed by atoms with Gasteiger partial charge in [0.05, 0.1) is 5.56 Å². The summed E-state index contributed by atoms with van der Waals surface area (Å²) in [5.74, 6) is 0.628. The smallest absolute Gasteiger partial charge is 0.215 e. The standard InChI is InChI=1S/C25H28FN5O.3H2/c1-16(2)14-17-15-31(13-12-28-17)22-10-9-19(18-6-3-4-8-21(18)26)23(30-22)24(32)20-7-5-11-29-25(20)27;;;/h3-11,16-17,28H,12-15H2,1-2H3,(H2,27,29);3*1H/t17-;;;/m0.../s1. The molecule has 32 heavy (non-hydrogen) atoms. The lowest BCUT2D eigenvalue weighted by Crippen LogP contribution is -2.51. The molecule has 1 fully saturated rings. The minimum Gasteiger partial charge on any atom is -0.383 e. The second-order valence-electron chi connectivity index (χ2n) is 8.54. The Labute approximate surface area is 192 Å². The Hall–Kier alpha value is -3.32. The average Bonchev–Trinajstić information content (AvgIpc) is 2.79. The van der Waals surface area contributed by atoms with E-state index in [0.29, 0.717) is 28.9 Å². The molecule has 0 amide bonds. The molecule has 0 saturated carbocycles. The van der Waals surface area contributed by atoms with Crippen LogP contribution in [0.2, 0.25) is 0 Å². The third-order valence-corrected chi connectivity index (χ3v) is 5.68. The number of benzene rings is 1. The van der Waals surface area contributed by atoms with Crippen molar-refractivity contribution in [1.82, 2.24) is 15.3 Å². The Morgan fingerprint density at radius 1 is 1.22 bits per heavy atom. The van der Waals surface area contributed by atoms with Gasteiger partial charge in [-0.25, -0.2) is 14.4 Å². The van der Waals surface area contributed by atoms with E-state index in [0.717, 1.165) is 26.1 Å². The number of carbonyl (C=O) groups excluding carboxylic acids is 1. The van der Waals surface area contributed by atoms with Gasteiger partial charge in [-0.1, -0.05) is 32.0 Å². The number of halogens is 1. The molecule has 0 bridgehead atoms. The zero-order valence-electron chi connectivity index (χ0n) is 18.4. The number of nitrogens with one attached hydrogen (secondary N) is 1. The van der Waals surface area contributed by atoms with Crippen LogP contribution in [0.5, 0.6) is 0 Å². The van der Waals surface area contributed by atoms with Gasteiger partial charge in [0.2, 0.25) is 5.78 Å². The summed E-state index contributed by atoms with van der Waals surface area (Å²) in [5, 5.41) is 3.55. The van der Waals surface area contributed by atoms with E-state index in [1.165, 1.54) is 12.3 Å². The van der Waals surface area contributed by atoms with Crippen molar-refractivity contribution >= 4 is 17.4 Å². The number of nitrogen functional groups attached to an aromatic ring is 1. The summed E-state index contributed by atoms with van der Waals surface area (Å²) in [6.07, 6.45) is 2.59. The van der Waals surface area contributed by atoms with E-state index >= 15 is 0 Å². The molecule has 7 heteroatoms. The summed E-state index contributed by atoms with van der Waals surface area (Å²) in [4.78, 5) is 24.4. The Morgan fingerprint density at radius 3 is 2.78 bits per heavy atom. The van der Waals surface area contributed by atoms with Gasteiger partial charge in [-0.15, -0.1) is 0 Å². The number of pyridine rings is 2. The maximum atomic E-state index is 14.6. The molecule has 3 N–H and O–H groups in total. The summed E-state index contributed by atoms with van der Waals surface area (Å²) < 4.78 is 14.6. The SMILES string of the molecule is CC(C)C[C@H]1CN(c2ccc(-c3ccccc3F)c(C(=O)c3cccnc3N)n2)CCN1.[HH].[HH].[HH]. The third-order valence-electron chi connectivity index (χ3n) is 5.68. The minimum atomic E-state index is -0.408. The van der Waals surface area contributed by atoms with Crippen LogP contribution in [0.4, 0.5) is 16.0 Å². The highest BCUT2D eigenvalue weighted by molar-refractivity contribution is 6.14. The van der Waals surface area contributed by atoms with Crippen molar-refractivity contribution in [3.8, 4) is 11.1 Å². The fraction of sp³-hybridized carbons (Fsp3) is 0.320. The molecule has 4 rings (SSSR count). The highest BCUT2D eigenvalue weighted by Crippen LogP contribution is 2.30. The second-order valence-corrected chi connectivity index (χ2v) is 8.54. The lowest BCUT2D eigenvalue weighted by Gasteiger charge is -2.35. The number of anilines is 2. The first-order chi connectivity index (χ1) is 15.4. The van der Waals surface area contributed by atoms with Crippen molar-refractivity contribution in [3.63, 3.8) is 0 Å². The van der Waals surface area contributed by atoms with E-state index in [4.69, 9.17) is 10.7 Å². The van der Waals surface area contributed by atoms with Crippen molar-refractivity contribution in [3.05, 3.63) is 71.8 Å². The number of hydrogen-bond acceptors (Lipinski definition) is 6. The molecule has 1 aliphatic rings. The molecule has 3 aromatic rings. The van der Waals surface area contributed by atoms with Crippen LogP contribution in [0.1, 0.15) is 40.6 Å². The van der Waals surface area contributed by atoms with Gasteiger partial charge < -0.3 is 16.0 Å². The Balaban J connectivity index is 0.00000204. The van der Waals surface area contributed by atoms with E-state index in [9.17, 15) is 9.18 Å². The maximum Gasteiger partial charge on any atom is 0.215 e. The molecule has 6 nitrogen and oxygen atoms in total. The molecule has 0 radical (unpaired) electrons. The van der Waals surface area contributed by atoms with Gasteiger partial charge in [0.15, 0.2) is 0 Å². The molecule has 1 aromatic carbocycles. The largest absolute Gasteiger partial charge is 0.383 e. The number of ketones is 1. The predicted octanol–water partition coefficient (Wildman–Crippen LogP) is 4.66. The zero-order valence-corrected chi connectivity index (χ0v) is 18.4. The highest BCUT2D eigenvalue weighted by Gasteiger charge is 2.25. The average molecular weight is 440 g/mol. The normalized spacial score (nSPS) is 16.4. The molecule has 1 saturated heterocycles. The maximum absolute atomic E-state index is 14.6. The molecule has 0 aliphatic carbocycles. The van der Waals surface area contributed by atoms with E-state index in [1.54, 1.807) is 36.4 Å². The fourth-order valence-corrected chi connectivity index (χ4v) is 4.19. The van der Waals surface area contributed by atoms with Gasteiger partial charge in [-0.2, -0.15) is 0 Å². The van der Waals surface area contributed by atoms with Crippen LogP contribution < -0.4 is 16.0 Å². The highest BCUT2D eigenvalue weighted by atomic mass is 19.1. The molecule has 1 atom stereocenters. The number of piperazine rings is 1. The minimum absolute atomic E-state index is 0. The molecule has 3 heterocycles. The summed E-state index contributed by atoms with van der Waals surface area (Å²) in [6, 6.07) is 13.7. The Kier molecular flexibility index (Phi) is 6.46. The fourth-order valence-electron chi connectivity index (χ4n) is 4.19. The summed E-state index contributed by atoms with van der Waals surface area (Å²) in [6.45, 7) is 6.83. The Morgan fingerprint density at radius 2 is 2.03 bits per heavy atom. The monoisotopic (exact) mass is 439 g/mol. The summed E-state index contributed by atoms with van der Waals surface area (Å²) in [5.41, 5.74) is 7.17. The van der Waals surface area contributed by atoms with Gasteiger partial charge >= 0.3 is 0 Å². The molecule has 172 valence electrons. The van der Waals surface area contributed by atoms with Gasteiger partial charge in [-0.3, -0.25) is 4.79 Å². The van der Waals surface area contributed by atoms with Gasteiger partial charge in [0.1, 0.15) is 23.1 Å². The second kappa shape index (κ2) is 9.44. The van der Waals surface area contributed by atoms with Crippen molar-refractivity contribution in [1.29, 1.82) is 0 Å². The van der Waals surface area contributed by atoms with Crippen molar-refractivity contribution in [2.75, 3.05) is 30.3 Å². The quantitative estimate of drug-likeness (QED) is 0.544. The van der Waals surface area contributed by atoms with Gasteiger partial charge in [0, 0.05) is 47.3 Å². The first-order valence-electron chi connectivity index (χ1n) is 10.9. The molecular formula is C25H34FN5O. The van der Waals surface area contributed by atoms with E-state index in [-0.39, 0.29) is 27.1 Å². The number of hydrogen-bond donors (Lipinski definition) is 2. The topological polar surface area (TPSA) is 84.1 Å². The first-order valence-corrected chi connectivity index (χ1v) is 10.9. The lowest BCUT2D eigenvalue weighted by molar-refractivity contribution is 0.103. The number of nitrogens with zero attached hydrogens (tertiary/aromatic N) is 3. The molecule has 0 spiro atoms. The van der Waals surface area contributed by atoms with Gasteiger partial charge in [0.25, 0.3) is 0 Å². The number of rotatable bonds is 6. The van der Waals surface area contributed by atoms with Gasteiger partial charge in [-0.05, 0) is 42.7 Å². The zero-order chi connectivity index (χ0) is 22.7. The van der Waals surface area contributed by atoms with Crippen molar-refractivity contribution < 1.29 is 13.5 Å². The lowest BCUT2D eigenvalue weighted by atomic mass is 9.97. The van der Waals surface area contributed by atoms with Crippen LogP contribution in [-0.2, 0) is 0 Å². The molecular weight excluding hydrogens is 405 g/mol. The van der Waals surface area contributed by atoms with Crippen LogP contribution in [0.3, 0.4) is 0 Å². The number of aromatic nitrogens is 2. The summed E-state index contributed by atoms with van der Waals surface area (Å²) >= 11 is 0. The van der Waals surface area contributed by atoms with E-state index < -0.39 is 5.82 Å². The van der Waals surface area contributed by atoms with Crippen LogP contribution in [0, 0.1) is 11.7 Å². The van der Waals surface area contributed by atoms with E-state index in [2.05, 4.69) is 29.0 Å². The van der Waals surface area contributed by atoms with Crippen molar-refractivity contribution in [2.24, 2.45) is 5.92 Å². The molecule has 2 aromatic heterocycles. The van der Waals surface area contributed by atoms with Crippen LogP contribution in [0.15, 0.2) is 54.7 Å². The number of nitrogens with two attached hydrogens (primary N) is 1.